The van der Waals surface area contributed by atoms with Crippen molar-refractivity contribution in [1.82, 2.24) is 10.3 Å². The van der Waals surface area contributed by atoms with Crippen molar-refractivity contribution in [2.75, 3.05) is 18.5 Å². The van der Waals surface area contributed by atoms with Crippen LogP contribution in [0.2, 0.25) is 0 Å². The molecule has 0 saturated heterocycles. The number of pyridine rings is 1. The van der Waals surface area contributed by atoms with Crippen molar-refractivity contribution in [2.45, 2.75) is 6.92 Å². The van der Waals surface area contributed by atoms with E-state index in [0.717, 1.165) is 5.75 Å². The number of carbonyl (C=O) groups excluding carboxylic acids is 3. The third-order valence-electron chi connectivity index (χ3n) is 3.05. The zero-order valence-electron chi connectivity index (χ0n) is 14.0. The monoisotopic (exact) mass is 358 g/mol. The number of primary amides is 1. The highest BCUT2D eigenvalue weighted by Crippen LogP contribution is 2.21. The molecule has 9 nitrogen and oxygen atoms in total. The molecular formula is C17H18N4O5. The van der Waals surface area contributed by atoms with Gasteiger partial charge in [0.15, 0.2) is 6.61 Å². The van der Waals surface area contributed by atoms with E-state index in [-0.39, 0.29) is 11.4 Å². The highest BCUT2D eigenvalue weighted by molar-refractivity contribution is 5.98. The molecule has 2 rings (SSSR count). The third-order valence-corrected chi connectivity index (χ3v) is 3.05. The van der Waals surface area contributed by atoms with Gasteiger partial charge in [-0.3, -0.25) is 10.1 Å². The number of anilines is 2. The first-order chi connectivity index (χ1) is 12.5. The number of rotatable bonds is 7. The molecule has 0 unspecified atom stereocenters. The second kappa shape index (κ2) is 9.02. The third kappa shape index (κ3) is 5.48. The number of benzene rings is 1. The second-order valence-corrected chi connectivity index (χ2v) is 4.97. The fourth-order valence-electron chi connectivity index (χ4n) is 1.99. The Morgan fingerprint density at radius 3 is 2.54 bits per heavy atom. The van der Waals surface area contributed by atoms with Crippen LogP contribution in [0.4, 0.5) is 16.3 Å². The molecule has 0 aliphatic heterocycles. The van der Waals surface area contributed by atoms with E-state index in [0.29, 0.717) is 12.3 Å². The maximum Gasteiger partial charge on any atom is 0.342 e. The summed E-state index contributed by atoms with van der Waals surface area (Å²) in [5, 5.41) is 4.80. The number of carbonyl (C=O) groups is 3. The molecule has 26 heavy (non-hydrogen) atoms. The minimum Gasteiger partial charge on any atom is -0.494 e. The average molecular weight is 358 g/mol. The lowest BCUT2D eigenvalue weighted by Gasteiger charge is -2.11. The first kappa shape index (κ1) is 18.7. The molecule has 0 fully saturated rings. The topological polar surface area (TPSA) is 133 Å². The quantitative estimate of drug-likeness (QED) is 0.640. The van der Waals surface area contributed by atoms with Crippen LogP contribution in [0, 0.1) is 0 Å². The van der Waals surface area contributed by atoms with Crippen molar-refractivity contribution in [3.05, 3.63) is 48.2 Å². The standard InChI is InChI=1S/C17H18N4O5/c1-2-25-12-7-5-11(6-8-12)20-15-13(4-3-9-19-15)16(23)26-10-14(22)21-17(18)24/h3-9H,2,10H2,1H3,(H,19,20)(H3,18,21,22,24). The molecule has 3 amide bonds. The number of nitrogens with one attached hydrogen (secondary N) is 2. The Hall–Kier alpha value is -3.62. The van der Waals surface area contributed by atoms with Gasteiger partial charge in [0.1, 0.15) is 17.1 Å². The van der Waals surface area contributed by atoms with Gasteiger partial charge >= 0.3 is 12.0 Å². The normalized spacial score (nSPS) is 9.88. The van der Waals surface area contributed by atoms with Gasteiger partial charge in [-0.15, -0.1) is 0 Å². The van der Waals surface area contributed by atoms with E-state index in [2.05, 4.69) is 10.3 Å². The maximum absolute atomic E-state index is 12.2. The number of esters is 1. The first-order valence-electron chi connectivity index (χ1n) is 7.71. The zero-order valence-corrected chi connectivity index (χ0v) is 14.0. The maximum atomic E-state index is 12.2. The number of nitrogens with zero attached hydrogens (tertiary/aromatic N) is 1. The molecule has 0 saturated carbocycles. The van der Waals surface area contributed by atoms with Crippen molar-refractivity contribution in [3.63, 3.8) is 0 Å². The smallest absolute Gasteiger partial charge is 0.342 e. The van der Waals surface area contributed by atoms with Gasteiger partial charge in [-0.1, -0.05) is 0 Å². The molecule has 1 aromatic carbocycles. The zero-order chi connectivity index (χ0) is 18.9. The van der Waals surface area contributed by atoms with Crippen molar-refractivity contribution in [2.24, 2.45) is 5.73 Å². The number of hydrogen-bond acceptors (Lipinski definition) is 7. The van der Waals surface area contributed by atoms with Crippen molar-refractivity contribution >= 4 is 29.4 Å². The summed E-state index contributed by atoms with van der Waals surface area (Å²) in [5.41, 5.74) is 5.63. The number of nitrogens with two attached hydrogens (primary N) is 1. The lowest BCUT2D eigenvalue weighted by molar-refractivity contribution is -0.123. The summed E-state index contributed by atoms with van der Waals surface area (Å²) in [6.07, 6.45) is 1.51. The van der Waals surface area contributed by atoms with E-state index in [1.807, 2.05) is 6.92 Å². The minimum atomic E-state index is -1.02. The van der Waals surface area contributed by atoms with Crippen LogP contribution in [0.5, 0.6) is 5.75 Å². The molecule has 0 radical (unpaired) electrons. The highest BCUT2D eigenvalue weighted by Gasteiger charge is 2.16. The van der Waals surface area contributed by atoms with Gasteiger partial charge < -0.3 is 20.5 Å². The fourth-order valence-corrected chi connectivity index (χ4v) is 1.99. The van der Waals surface area contributed by atoms with Gasteiger partial charge in [-0.25, -0.2) is 14.6 Å². The van der Waals surface area contributed by atoms with E-state index >= 15 is 0 Å². The number of amides is 3. The minimum absolute atomic E-state index is 0.133. The van der Waals surface area contributed by atoms with Crippen molar-refractivity contribution in [3.8, 4) is 5.75 Å². The molecular weight excluding hydrogens is 340 g/mol. The SMILES string of the molecule is CCOc1ccc(Nc2ncccc2C(=O)OCC(=O)NC(N)=O)cc1. The van der Waals surface area contributed by atoms with Gasteiger partial charge in [-0.2, -0.15) is 0 Å². The lowest BCUT2D eigenvalue weighted by Crippen LogP contribution is -2.37. The molecule has 9 heteroatoms. The Kier molecular flexibility index (Phi) is 6.49. The van der Waals surface area contributed by atoms with Crippen molar-refractivity contribution < 1.29 is 23.9 Å². The molecule has 2 aromatic rings. The van der Waals surface area contributed by atoms with Crippen LogP contribution in [-0.2, 0) is 9.53 Å². The summed E-state index contributed by atoms with van der Waals surface area (Å²) in [7, 11) is 0. The Morgan fingerprint density at radius 2 is 1.88 bits per heavy atom. The van der Waals surface area contributed by atoms with Crippen LogP contribution >= 0.6 is 0 Å². The Balaban J connectivity index is 2.05. The van der Waals surface area contributed by atoms with Crippen LogP contribution in [0.1, 0.15) is 17.3 Å². The second-order valence-electron chi connectivity index (χ2n) is 4.97. The van der Waals surface area contributed by atoms with Crippen LogP contribution < -0.4 is 21.1 Å². The molecule has 0 bridgehead atoms. The summed E-state index contributed by atoms with van der Waals surface area (Å²) >= 11 is 0. The molecule has 0 aliphatic rings. The van der Waals surface area contributed by atoms with Crippen LogP contribution in [-0.4, -0.2) is 36.1 Å². The van der Waals surface area contributed by atoms with E-state index in [1.54, 1.807) is 35.6 Å². The Morgan fingerprint density at radius 1 is 1.15 bits per heavy atom. The van der Waals surface area contributed by atoms with E-state index in [4.69, 9.17) is 15.2 Å². The van der Waals surface area contributed by atoms with Crippen LogP contribution in [0.25, 0.3) is 0 Å². The van der Waals surface area contributed by atoms with Gasteiger partial charge in [0.25, 0.3) is 5.91 Å². The van der Waals surface area contributed by atoms with E-state index in [9.17, 15) is 14.4 Å². The molecule has 1 aromatic heterocycles. The number of hydrogen-bond donors (Lipinski definition) is 3. The predicted molar refractivity (Wildman–Crippen MR) is 93.1 cm³/mol. The predicted octanol–water partition coefficient (Wildman–Crippen LogP) is 1.58. The van der Waals surface area contributed by atoms with Crippen molar-refractivity contribution in [1.29, 1.82) is 0 Å². The highest BCUT2D eigenvalue weighted by atomic mass is 16.5. The molecule has 4 N–H and O–H groups in total. The molecule has 0 aliphatic carbocycles. The van der Waals surface area contributed by atoms with Gasteiger partial charge in [0.2, 0.25) is 0 Å². The largest absolute Gasteiger partial charge is 0.494 e. The van der Waals surface area contributed by atoms with Gasteiger partial charge in [0.05, 0.1) is 6.61 Å². The Bertz CT molecular complexity index is 792. The number of ether oxygens (including phenoxy) is 2. The molecule has 136 valence electrons. The molecule has 1 heterocycles. The van der Waals surface area contributed by atoms with Crippen LogP contribution in [0.3, 0.4) is 0 Å². The summed E-state index contributed by atoms with van der Waals surface area (Å²) in [5.74, 6) is -0.613. The molecule has 0 atom stereocenters. The van der Waals surface area contributed by atoms with Crippen LogP contribution in [0.15, 0.2) is 42.6 Å². The number of urea groups is 1. The van der Waals surface area contributed by atoms with Gasteiger partial charge in [-0.05, 0) is 43.3 Å². The number of aromatic nitrogens is 1. The lowest BCUT2D eigenvalue weighted by atomic mass is 10.2. The molecule has 0 spiro atoms. The van der Waals surface area contributed by atoms with Gasteiger partial charge in [0, 0.05) is 11.9 Å². The fraction of sp³-hybridized carbons (Fsp3) is 0.176. The summed E-state index contributed by atoms with van der Waals surface area (Å²) in [6.45, 7) is 1.81. The summed E-state index contributed by atoms with van der Waals surface area (Å²) in [4.78, 5) is 38.2. The number of imide groups is 1. The average Bonchev–Trinajstić information content (AvgIpc) is 2.61. The Labute approximate surface area is 149 Å². The van der Waals surface area contributed by atoms with E-state index in [1.165, 1.54) is 12.3 Å². The summed E-state index contributed by atoms with van der Waals surface area (Å²) < 4.78 is 10.2. The van der Waals surface area contributed by atoms with E-state index < -0.39 is 24.5 Å². The first-order valence-corrected chi connectivity index (χ1v) is 7.71. The summed E-state index contributed by atoms with van der Waals surface area (Å²) in [6, 6.07) is 9.14.